The third-order valence-electron chi connectivity index (χ3n) is 2.71. The van der Waals surface area contributed by atoms with Crippen LogP contribution in [-0.4, -0.2) is 7.11 Å². The number of anilines is 1. The van der Waals surface area contributed by atoms with Crippen LogP contribution in [0.3, 0.4) is 0 Å². The van der Waals surface area contributed by atoms with E-state index in [0.717, 1.165) is 21.5 Å². The molecule has 0 aliphatic heterocycles. The molecule has 2 aromatic rings. The zero-order valence-corrected chi connectivity index (χ0v) is 12.0. The number of hydrogen-bond donors (Lipinski definition) is 1. The lowest BCUT2D eigenvalue weighted by Crippen LogP contribution is -2.08. The summed E-state index contributed by atoms with van der Waals surface area (Å²) in [7, 11) is 1.63. The lowest BCUT2D eigenvalue weighted by atomic mass is 10.1. The van der Waals surface area contributed by atoms with Crippen LogP contribution in [0, 0.1) is 11.3 Å². The van der Waals surface area contributed by atoms with Crippen LogP contribution in [0.25, 0.3) is 0 Å². The number of halogens is 1. The van der Waals surface area contributed by atoms with E-state index in [1.807, 2.05) is 48.5 Å². The van der Waals surface area contributed by atoms with Crippen LogP contribution in [-0.2, 0) is 0 Å². The zero-order chi connectivity index (χ0) is 13.7. The van der Waals surface area contributed by atoms with Crippen molar-refractivity contribution < 1.29 is 4.74 Å². The molecule has 0 saturated heterocycles. The molecule has 1 N–H and O–H groups in total. The van der Waals surface area contributed by atoms with E-state index in [9.17, 15) is 5.26 Å². The Labute approximate surface area is 121 Å². The lowest BCUT2D eigenvalue weighted by Gasteiger charge is -2.14. The molecule has 1 atom stereocenters. The molecule has 1 unspecified atom stereocenters. The Bertz CT molecular complexity index is 590. The van der Waals surface area contributed by atoms with Crippen LogP contribution in [0.4, 0.5) is 5.69 Å². The fourth-order valence-electron chi connectivity index (χ4n) is 1.73. The van der Waals surface area contributed by atoms with Crippen LogP contribution in [0.1, 0.15) is 11.6 Å². The van der Waals surface area contributed by atoms with Gasteiger partial charge in [-0.2, -0.15) is 5.26 Å². The van der Waals surface area contributed by atoms with Gasteiger partial charge in [-0.25, -0.2) is 0 Å². The highest BCUT2D eigenvalue weighted by Crippen LogP contribution is 2.23. The summed E-state index contributed by atoms with van der Waals surface area (Å²) >= 11 is 3.41. The van der Waals surface area contributed by atoms with Gasteiger partial charge in [-0.15, -0.1) is 0 Å². The molecule has 0 saturated carbocycles. The van der Waals surface area contributed by atoms with Gasteiger partial charge in [-0.3, -0.25) is 0 Å². The van der Waals surface area contributed by atoms with Gasteiger partial charge in [0, 0.05) is 10.2 Å². The van der Waals surface area contributed by atoms with Gasteiger partial charge in [0.25, 0.3) is 0 Å². The molecule has 4 heteroatoms. The van der Waals surface area contributed by atoms with Gasteiger partial charge in [-0.1, -0.05) is 28.1 Å². The summed E-state index contributed by atoms with van der Waals surface area (Å²) < 4.78 is 6.06. The van der Waals surface area contributed by atoms with Gasteiger partial charge >= 0.3 is 0 Å². The number of nitrogens with zero attached hydrogens (tertiary/aromatic N) is 1. The van der Waals surface area contributed by atoms with Crippen LogP contribution in [0.15, 0.2) is 53.0 Å². The highest BCUT2D eigenvalue weighted by atomic mass is 79.9. The molecule has 0 aliphatic carbocycles. The monoisotopic (exact) mass is 316 g/mol. The average molecular weight is 317 g/mol. The Kier molecular flexibility index (Phi) is 4.43. The first-order chi connectivity index (χ1) is 9.22. The van der Waals surface area contributed by atoms with Crippen LogP contribution in [0.5, 0.6) is 5.75 Å². The van der Waals surface area contributed by atoms with Crippen LogP contribution in [0.2, 0.25) is 0 Å². The van der Waals surface area contributed by atoms with Crippen molar-refractivity contribution >= 4 is 21.6 Å². The predicted molar refractivity (Wildman–Crippen MR) is 79.1 cm³/mol. The maximum atomic E-state index is 9.28. The molecule has 3 nitrogen and oxygen atoms in total. The molecule has 0 spiro atoms. The topological polar surface area (TPSA) is 45.0 Å². The van der Waals surface area contributed by atoms with Gasteiger partial charge in [0.15, 0.2) is 0 Å². The molecule has 0 aliphatic rings. The van der Waals surface area contributed by atoms with Crippen molar-refractivity contribution in [1.82, 2.24) is 0 Å². The quantitative estimate of drug-likeness (QED) is 0.922. The van der Waals surface area contributed by atoms with E-state index in [1.165, 1.54) is 0 Å². The summed E-state index contributed by atoms with van der Waals surface area (Å²) in [6, 6.07) is 17.1. The first-order valence-electron chi connectivity index (χ1n) is 5.78. The lowest BCUT2D eigenvalue weighted by molar-refractivity contribution is 0.415. The summed E-state index contributed by atoms with van der Waals surface area (Å²) in [5.74, 6) is 0.793. The second-order valence-corrected chi connectivity index (χ2v) is 4.91. The van der Waals surface area contributed by atoms with E-state index in [-0.39, 0.29) is 6.04 Å². The maximum Gasteiger partial charge on any atom is 0.140 e. The summed E-state index contributed by atoms with van der Waals surface area (Å²) in [6.07, 6.45) is 0. The fraction of sp³-hybridized carbons (Fsp3) is 0.133. The maximum absolute atomic E-state index is 9.28. The van der Waals surface area contributed by atoms with E-state index in [4.69, 9.17) is 4.74 Å². The number of methoxy groups -OCH3 is 1. The van der Waals surface area contributed by atoms with Crippen molar-refractivity contribution in [2.75, 3.05) is 12.4 Å². The summed E-state index contributed by atoms with van der Waals surface area (Å²) in [5.41, 5.74) is 1.81. The molecular weight excluding hydrogens is 304 g/mol. The van der Waals surface area contributed by atoms with Gasteiger partial charge < -0.3 is 10.1 Å². The van der Waals surface area contributed by atoms with Crippen molar-refractivity contribution in [3.8, 4) is 11.8 Å². The smallest absolute Gasteiger partial charge is 0.140 e. The Morgan fingerprint density at radius 3 is 2.53 bits per heavy atom. The summed E-state index contributed by atoms with van der Waals surface area (Å²) in [5, 5.41) is 12.5. The molecule has 2 rings (SSSR count). The molecule has 0 fully saturated rings. The number of benzene rings is 2. The third-order valence-corrected chi connectivity index (χ3v) is 3.21. The Balaban J connectivity index is 2.17. The molecule has 0 heterocycles. The molecule has 96 valence electrons. The Morgan fingerprint density at radius 1 is 1.21 bits per heavy atom. The van der Waals surface area contributed by atoms with Crippen LogP contribution < -0.4 is 10.1 Å². The van der Waals surface area contributed by atoms with Crippen molar-refractivity contribution in [3.63, 3.8) is 0 Å². The number of hydrogen-bond acceptors (Lipinski definition) is 3. The van der Waals surface area contributed by atoms with E-state index in [1.54, 1.807) is 7.11 Å². The number of nitrogens with one attached hydrogen (secondary N) is 1. The SMILES string of the molecule is COc1ccc(NC(C#N)c2cccc(Br)c2)cc1. The molecule has 0 aromatic heterocycles. The van der Waals surface area contributed by atoms with Crippen molar-refractivity contribution in [1.29, 1.82) is 5.26 Å². The Hall–Kier alpha value is -1.99. The number of nitriles is 1. The number of ether oxygens (including phenoxy) is 1. The molecule has 0 radical (unpaired) electrons. The average Bonchev–Trinajstić information content (AvgIpc) is 2.45. The Morgan fingerprint density at radius 2 is 1.95 bits per heavy atom. The minimum Gasteiger partial charge on any atom is -0.497 e. The highest BCUT2D eigenvalue weighted by molar-refractivity contribution is 9.10. The van der Waals surface area contributed by atoms with Crippen molar-refractivity contribution in [2.24, 2.45) is 0 Å². The second kappa shape index (κ2) is 6.26. The molecule has 0 bridgehead atoms. The summed E-state index contributed by atoms with van der Waals surface area (Å²) in [6.45, 7) is 0. The van der Waals surface area contributed by atoms with Gasteiger partial charge in [0.2, 0.25) is 0 Å². The molecule has 0 amide bonds. The fourth-order valence-corrected chi connectivity index (χ4v) is 2.15. The minimum atomic E-state index is -0.383. The minimum absolute atomic E-state index is 0.383. The van der Waals surface area contributed by atoms with Gasteiger partial charge in [0.1, 0.15) is 11.8 Å². The van der Waals surface area contributed by atoms with Gasteiger partial charge in [0.05, 0.1) is 13.2 Å². The first-order valence-corrected chi connectivity index (χ1v) is 6.58. The molecule has 2 aromatic carbocycles. The van der Waals surface area contributed by atoms with Crippen LogP contribution >= 0.6 is 15.9 Å². The molecule has 19 heavy (non-hydrogen) atoms. The first kappa shape index (κ1) is 13.4. The van der Waals surface area contributed by atoms with E-state index >= 15 is 0 Å². The third kappa shape index (κ3) is 3.49. The highest BCUT2D eigenvalue weighted by Gasteiger charge is 2.10. The molecular formula is C15H13BrN2O. The van der Waals surface area contributed by atoms with E-state index < -0.39 is 0 Å². The van der Waals surface area contributed by atoms with E-state index in [2.05, 4.69) is 27.3 Å². The van der Waals surface area contributed by atoms with Gasteiger partial charge in [-0.05, 0) is 42.0 Å². The summed E-state index contributed by atoms with van der Waals surface area (Å²) in [4.78, 5) is 0. The number of rotatable bonds is 4. The van der Waals surface area contributed by atoms with E-state index in [0.29, 0.717) is 0 Å². The van der Waals surface area contributed by atoms with Crippen molar-refractivity contribution in [2.45, 2.75) is 6.04 Å². The largest absolute Gasteiger partial charge is 0.497 e. The zero-order valence-electron chi connectivity index (χ0n) is 10.4. The standard InChI is InChI=1S/C15H13BrN2O/c1-19-14-7-5-13(6-8-14)18-15(10-17)11-3-2-4-12(16)9-11/h2-9,15,18H,1H3. The van der Waals surface area contributed by atoms with Crippen molar-refractivity contribution in [3.05, 3.63) is 58.6 Å². The normalized spacial score (nSPS) is 11.4. The predicted octanol–water partition coefficient (Wildman–Crippen LogP) is 4.13. The second-order valence-electron chi connectivity index (χ2n) is 3.99.